The predicted molar refractivity (Wildman–Crippen MR) is 162 cm³/mol. The molecule has 0 aliphatic carbocycles. The Balaban J connectivity index is 1.39. The van der Waals surface area contributed by atoms with E-state index in [0.717, 1.165) is 49.5 Å². The molecule has 2 heterocycles. The molecule has 212 valence electrons. The molecule has 9 nitrogen and oxygen atoms in total. The van der Waals surface area contributed by atoms with Gasteiger partial charge in [0.1, 0.15) is 0 Å². The van der Waals surface area contributed by atoms with Crippen molar-refractivity contribution >= 4 is 46.1 Å². The molecule has 1 fully saturated rings. The van der Waals surface area contributed by atoms with E-state index in [2.05, 4.69) is 27.5 Å². The summed E-state index contributed by atoms with van der Waals surface area (Å²) in [6.45, 7) is 4.21. The third-order valence-corrected chi connectivity index (χ3v) is 7.57. The molecule has 0 radical (unpaired) electrons. The molecular weight excluding hydrogens is 518 g/mol. The summed E-state index contributed by atoms with van der Waals surface area (Å²) in [6, 6.07) is 22.2. The predicted octanol–water partition coefficient (Wildman–Crippen LogP) is 4.01. The molecule has 0 atom stereocenters. The van der Waals surface area contributed by atoms with Gasteiger partial charge in [0.05, 0.1) is 36.2 Å². The van der Waals surface area contributed by atoms with Gasteiger partial charge in [-0.1, -0.05) is 36.4 Å². The van der Waals surface area contributed by atoms with Gasteiger partial charge in [-0.2, -0.15) is 0 Å². The first-order valence-electron chi connectivity index (χ1n) is 13.7. The van der Waals surface area contributed by atoms with Crippen LogP contribution in [-0.2, 0) is 14.3 Å². The van der Waals surface area contributed by atoms with Crippen LogP contribution in [0.2, 0.25) is 0 Å². The van der Waals surface area contributed by atoms with Gasteiger partial charge in [-0.15, -0.1) is 0 Å². The molecule has 0 spiro atoms. The summed E-state index contributed by atoms with van der Waals surface area (Å²) in [6.07, 6.45) is 1.06. The van der Waals surface area contributed by atoms with Crippen molar-refractivity contribution in [3.63, 3.8) is 0 Å². The lowest BCUT2D eigenvalue weighted by atomic mass is 9.99. The quantitative estimate of drug-likeness (QED) is 0.337. The van der Waals surface area contributed by atoms with Gasteiger partial charge in [0.2, 0.25) is 5.91 Å². The summed E-state index contributed by atoms with van der Waals surface area (Å²) in [4.78, 5) is 44.5. The second-order valence-corrected chi connectivity index (χ2v) is 10.4. The highest BCUT2D eigenvalue weighted by Gasteiger charge is 2.29. The van der Waals surface area contributed by atoms with E-state index in [9.17, 15) is 14.4 Å². The lowest BCUT2D eigenvalue weighted by Gasteiger charge is -2.24. The van der Waals surface area contributed by atoms with E-state index in [-0.39, 0.29) is 11.8 Å². The van der Waals surface area contributed by atoms with Crippen molar-refractivity contribution in [2.45, 2.75) is 6.42 Å². The number of hydrogen-bond acceptors (Lipinski definition) is 7. The van der Waals surface area contributed by atoms with Crippen molar-refractivity contribution in [1.29, 1.82) is 0 Å². The average molecular weight is 554 g/mol. The number of nitrogens with one attached hydrogen (secondary N) is 2. The lowest BCUT2D eigenvalue weighted by Crippen LogP contribution is -2.40. The van der Waals surface area contributed by atoms with Crippen molar-refractivity contribution in [2.24, 2.45) is 0 Å². The first kappa shape index (κ1) is 28.1. The number of methoxy groups -OCH3 is 1. The smallest absolute Gasteiger partial charge is 0.337 e. The monoisotopic (exact) mass is 553 g/mol. The van der Waals surface area contributed by atoms with Gasteiger partial charge >= 0.3 is 5.97 Å². The summed E-state index contributed by atoms with van der Waals surface area (Å²) in [5.41, 5.74) is 5.11. The highest BCUT2D eigenvalue weighted by atomic mass is 16.5. The maximum atomic E-state index is 13.2. The van der Waals surface area contributed by atoms with Crippen LogP contribution in [0.4, 0.5) is 17.1 Å². The van der Waals surface area contributed by atoms with Crippen LogP contribution in [0.1, 0.15) is 27.9 Å². The SMILES string of the molecule is COC(=O)c1ccc2c(c1)NC(=O)C2=C(Nc1ccc(N(C)C(=O)CN2CCCN(C)CC2)cc1)c1ccccc1. The highest BCUT2D eigenvalue weighted by Crippen LogP contribution is 2.38. The van der Waals surface area contributed by atoms with Crippen molar-refractivity contribution in [3.8, 4) is 0 Å². The maximum Gasteiger partial charge on any atom is 0.337 e. The zero-order chi connectivity index (χ0) is 28.9. The van der Waals surface area contributed by atoms with Crippen molar-refractivity contribution in [1.82, 2.24) is 9.80 Å². The van der Waals surface area contributed by atoms with Crippen molar-refractivity contribution < 1.29 is 19.1 Å². The van der Waals surface area contributed by atoms with Crippen LogP contribution < -0.4 is 15.5 Å². The average Bonchev–Trinajstić information content (AvgIpc) is 3.18. The molecule has 0 bridgehead atoms. The van der Waals surface area contributed by atoms with Crippen molar-refractivity contribution in [2.75, 3.05) is 69.5 Å². The number of amides is 2. The van der Waals surface area contributed by atoms with Crippen LogP contribution in [0.3, 0.4) is 0 Å². The molecule has 3 aromatic carbocycles. The summed E-state index contributed by atoms with van der Waals surface area (Å²) < 4.78 is 4.83. The number of carbonyl (C=O) groups is 3. The van der Waals surface area contributed by atoms with E-state index in [4.69, 9.17) is 4.74 Å². The first-order chi connectivity index (χ1) is 19.8. The van der Waals surface area contributed by atoms with Crippen LogP contribution in [0.5, 0.6) is 0 Å². The van der Waals surface area contributed by atoms with Gasteiger partial charge in [0.25, 0.3) is 5.91 Å². The lowest BCUT2D eigenvalue weighted by molar-refractivity contribution is -0.119. The molecule has 2 aliphatic heterocycles. The summed E-state index contributed by atoms with van der Waals surface area (Å²) in [5, 5.41) is 6.32. The molecule has 2 aliphatic rings. The summed E-state index contributed by atoms with van der Waals surface area (Å²) in [7, 11) is 5.24. The number of rotatable bonds is 7. The minimum Gasteiger partial charge on any atom is -0.465 e. The number of nitrogens with zero attached hydrogens (tertiary/aromatic N) is 3. The highest BCUT2D eigenvalue weighted by molar-refractivity contribution is 6.37. The van der Waals surface area contributed by atoms with E-state index in [1.165, 1.54) is 7.11 Å². The van der Waals surface area contributed by atoms with Gasteiger partial charge in [-0.3, -0.25) is 14.5 Å². The number of esters is 1. The zero-order valence-corrected chi connectivity index (χ0v) is 23.6. The number of ether oxygens (including phenoxy) is 1. The molecule has 0 aromatic heterocycles. The number of anilines is 3. The molecule has 9 heteroatoms. The second-order valence-electron chi connectivity index (χ2n) is 10.4. The molecule has 0 saturated carbocycles. The van der Waals surface area contributed by atoms with E-state index >= 15 is 0 Å². The number of likely N-dealkylation sites (N-methyl/N-ethyl adjacent to an activating group) is 2. The molecule has 3 aromatic rings. The Hall–Kier alpha value is -4.47. The van der Waals surface area contributed by atoms with Crippen LogP contribution in [0.25, 0.3) is 11.3 Å². The Morgan fingerprint density at radius 2 is 1.71 bits per heavy atom. The fourth-order valence-electron chi connectivity index (χ4n) is 5.16. The molecular formula is C32H35N5O4. The van der Waals surface area contributed by atoms with Crippen LogP contribution >= 0.6 is 0 Å². The minimum atomic E-state index is -0.469. The molecule has 1 saturated heterocycles. The number of hydrogen-bond donors (Lipinski definition) is 2. The molecule has 41 heavy (non-hydrogen) atoms. The fourth-order valence-corrected chi connectivity index (χ4v) is 5.16. The van der Waals surface area contributed by atoms with Crippen LogP contribution in [0, 0.1) is 0 Å². The fraction of sp³-hybridized carbons (Fsp3) is 0.281. The van der Waals surface area contributed by atoms with Crippen molar-refractivity contribution in [3.05, 3.63) is 89.5 Å². The minimum absolute atomic E-state index is 0.0490. The van der Waals surface area contributed by atoms with E-state index in [1.54, 1.807) is 30.1 Å². The molecule has 2 N–H and O–H groups in total. The Bertz CT molecular complexity index is 1470. The Morgan fingerprint density at radius 1 is 0.951 bits per heavy atom. The third kappa shape index (κ3) is 6.32. The Kier molecular flexibility index (Phi) is 8.47. The second kappa shape index (κ2) is 12.4. The standard InChI is InChI=1S/C32H35N5O4/c1-35-16-7-17-37(19-18-35)21-28(38)36(2)25-13-11-24(12-14-25)33-30(22-8-5-4-6-9-22)29-26-15-10-23(32(40)41-3)20-27(26)34-31(29)39/h4-6,8-15,20,33H,7,16-19,21H2,1-3H3,(H,34,39). The topological polar surface area (TPSA) is 94.2 Å². The number of fused-ring (bicyclic) bond motifs is 1. The number of carbonyl (C=O) groups excluding carboxylic acids is 3. The van der Waals surface area contributed by atoms with Gasteiger partial charge in [-0.05, 0) is 68.5 Å². The number of benzene rings is 3. The largest absolute Gasteiger partial charge is 0.465 e. The van der Waals surface area contributed by atoms with E-state index < -0.39 is 5.97 Å². The van der Waals surface area contributed by atoms with Gasteiger partial charge in [-0.25, -0.2) is 4.79 Å². The Labute approximate surface area is 240 Å². The van der Waals surface area contributed by atoms with Gasteiger partial charge < -0.3 is 25.2 Å². The first-order valence-corrected chi connectivity index (χ1v) is 13.7. The third-order valence-electron chi connectivity index (χ3n) is 7.57. The molecule has 2 amide bonds. The van der Waals surface area contributed by atoms with E-state index in [1.807, 2.05) is 54.6 Å². The summed E-state index contributed by atoms with van der Waals surface area (Å²) >= 11 is 0. The Morgan fingerprint density at radius 3 is 2.44 bits per heavy atom. The zero-order valence-electron chi connectivity index (χ0n) is 23.6. The van der Waals surface area contributed by atoms with Gasteiger partial charge in [0.15, 0.2) is 0 Å². The molecule has 0 unspecified atom stereocenters. The van der Waals surface area contributed by atoms with Crippen LogP contribution in [0.15, 0.2) is 72.8 Å². The van der Waals surface area contributed by atoms with Gasteiger partial charge in [0, 0.05) is 37.1 Å². The maximum absolute atomic E-state index is 13.2. The summed E-state index contributed by atoms with van der Waals surface area (Å²) in [5.74, 6) is -0.689. The van der Waals surface area contributed by atoms with E-state index in [0.29, 0.717) is 34.6 Å². The normalized spacial score (nSPS) is 16.8. The molecule has 5 rings (SSSR count). The van der Waals surface area contributed by atoms with Crippen LogP contribution in [-0.4, -0.2) is 81.5 Å².